The van der Waals surface area contributed by atoms with Crippen LogP contribution in [-0.2, 0) is 0 Å². The molecule has 0 unspecified atom stereocenters. The first-order valence-electron chi connectivity index (χ1n) is 0.620. The van der Waals surface area contributed by atoms with Gasteiger partial charge in [0.15, 0.2) is 0 Å². The van der Waals surface area contributed by atoms with Crippen LogP contribution in [0.2, 0.25) is 0 Å². The molecule has 0 spiro atoms. The van der Waals surface area contributed by atoms with Crippen molar-refractivity contribution < 1.29 is 31.4 Å². The zero-order valence-electron chi connectivity index (χ0n) is 2.40. The Hall–Kier alpha value is 2.07. The number of rotatable bonds is 0. The van der Waals surface area contributed by atoms with E-state index in [0.717, 1.165) is 0 Å². The Bertz CT molecular complexity index is 10.8. The average Bonchev–Trinajstić information content (AvgIpc) is 1.41. The summed E-state index contributed by atoms with van der Waals surface area (Å²) in [5, 5.41) is 0. The fraction of sp³-hybridized carbons (Fsp3) is 0. The molecule has 0 aliphatic rings. The lowest BCUT2D eigenvalue weighted by Crippen LogP contribution is -3.98. The molecule has 0 radical (unpaired) electrons. The van der Waals surface area contributed by atoms with Gasteiger partial charge in [0.1, 0.15) is 0 Å². The lowest BCUT2D eigenvalue weighted by molar-refractivity contribution is -1.63. The summed E-state index contributed by atoms with van der Waals surface area (Å²) < 4.78 is 24.5. The Labute approximate surface area is 67.5 Å². The van der Waals surface area contributed by atoms with Crippen molar-refractivity contribution in [3.63, 3.8) is 0 Å². The Balaban J connectivity index is 0. The minimum absolute atomic E-state index is 2.12. The minimum atomic E-state index is -3.76. The molecule has 1 N–H and O–H groups in total. The van der Waals surface area contributed by atoms with Crippen LogP contribution in [0.3, 0.4) is 0 Å². The molecule has 0 saturated carbocycles. The first-order valence-corrected chi connectivity index (χ1v) is 9.63. The Kier molecular flexibility index (Phi) is 18.5. The summed E-state index contributed by atoms with van der Waals surface area (Å²) in [4.78, 5) is 0. The van der Waals surface area contributed by atoms with Gasteiger partial charge in [-0.3, -0.25) is 0 Å². The van der Waals surface area contributed by atoms with Gasteiger partial charge < -0.3 is 6.87 Å². The molecule has 0 aliphatic carbocycles. The van der Waals surface area contributed by atoms with E-state index >= 15 is 0 Å². The first kappa shape index (κ1) is 10.9. The van der Waals surface area contributed by atoms with Crippen LogP contribution in [0, 0.1) is 0 Å². The average molecular weight is 430 g/mol. The van der Waals surface area contributed by atoms with Crippen molar-refractivity contribution in [2.75, 3.05) is 0 Å². The minimum Gasteiger partial charge on any atom is -0.396 e. The highest BCUT2D eigenvalue weighted by atomic mass is 128. The van der Waals surface area contributed by atoms with Crippen molar-refractivity contribution in [2.45, 2.75) is 0 Å². The topological polar surface area (TPSA) is 66.3 Å². The highest BCUT2D eigenvalue weighted by molar-refractivity contribution is 15.0. The van der Waals surface area contributed by atoms with Gasteiger partial charge in [0, 0.05) is 37.2 Å². The van der Waals surface area contributed by atoms with E-state index in [1.54, 1.807) is 0 Å². The van der Waals surface area contributed by atoms with Gasteiger partial charge in [-0.05, 0) is 3.44 Å². The zero-order valence-corrected chi connectivity index (χ0v) is 8.87. The standard InChI is InChI=1S/I2.HIO3/c1-2;2-1(3)4/h;2H. The highest BCUT2D eigenvalue weighted by Crippen LogP contribution is 1.89. The quantitative estimate of drug-likeness (QED) is 0.398. The summed E-state index contributed by atoms with van der Waals surface area (Å²) >= 11 is 0.477. The van der Waals surface area contributed by atoms with E-state index < -0.39 is 21.1 Å². The van der Waals surface area contributed by atoms with Gasteiger partial charge in [-0.25, -0.2) is 0 Å². The van der Waals surface area contributed by atoms with Crippen LogP contribution < -0.4 is 27.9 Å². The van der Waals surface area contributed by atoms with E-state index in [0.29, 0.717) is 0 Å². The van der Waals surface area contributed by atoms with Crippen molar-refractivity contribution in [3.05, 3.63) is 0 Å². The Morgan fingerprint density at radius 1 is 1.33 bits per heavy atom. The largest absolute Gasteiger partial charge is 0.503 e. The van der Waals surface area contributed by atoms with E-state index in [1.807, 2.05) is 0 Å². The van der Waals surface area contributed by atoms with Crippen LogP contribution in [0.4, 0.5) is 0 Å². The molecule has 0 aromatic rings. The number of hydrogen-bond donors (Lipinski definition) is 1. The maximum Gasteiger partial charge on any atom is 0.503 e. The fourth-order valence-corrected chi connectivity index (χ4v) is 0. The summed E-state index contributed by atoms with van der Waals surface area (Å²) in [6.45, 7) is 0. The smallest absolute Gasteiger partial charge is 0.396 e. The molecule has 40 valence electrons. The number of halogens is 3. The van der Waals surface area contributed by atoms with E-state index in [9.17, 15) is 0 Å². The highest BCUT2D eigenvalue weighted by Gasteiger charge is 1.89. The SMILES string of the molecule is II.[O-][I+2]([O-])O. The van der Waals surface area contributed by atoms with E-state index in [2.05, 4.69) is 37.2 Å². The summed E-state index contributed by atoms with van der Waals surface area (Å²) in [5.41, 5.74) is 0. The molecular weight excluding hydrogens is 429 g/mol. The second kappa shape index (κ2) is 10.1. The molecule has 6 heteroatoms. The third kappa shape index (κ3) is 36.4. The predicted molar refractivity (Wildman–Crippen MR) is 30.3 cm³/mol. The van der Waals surface area contributed by atoms with E-state index in [-0.39, 0.29) is 0 Å². The van der Waals surface area contributed by atoms with Crippen molar-refractivity contribution in [1.29, 1.82) is 0 Å². The maximum atomic E-state index is 8.68. The van der Waals surface area contributed by atoms with Gasteiger partial charge in [-0.2, -0.15) is 0 Å². The molecule has 0 aromatic heterocycles. The van der Waals surface area contributed by atoms with E-state index in [1.165, 1.54) is 0 Å². The Morgan fingerprint density at radius 3 is 1.33 bits per heavy atom. The second-order valence-electron chi connectivity index (χ2n) is 0.201. The second-order valence-corrected chi connectivity index (χ2v) is 1.35. The molecule has 0 fully saturated rings. The molecule has 0 rings (SSSR count). The normalized spacial score (nSPS) is 7.00. The molecule has 0 amide bonds. The van der Waals surface area contributed by atoms with Crippen LogP contribution >= 0.6 is 37.2 Å². The monoisotopic (exact) mass is 430 g/mol. The summed E-state index contributed by atoms with van der Waals surface area (Å²) in [5.74, 6) is 0. The van der Waals surface area contributed by atoms with Gasteiger partial charge in [0.05, 0.1) is 0 Å². The van der Waals surface area contributed by atoms with Crippen LogP contribution in [0.15, 0.2) is 0 Å². The molecule has 0 bridgehead atoms. The molecule has 0 aromatic carbocycles. The van der Waals surface area contributed by atoms with Crippen molar-refractivity contribution >= 4 is 37.2 Å². The van der Waals surface area contributed by atoms with Crippen LogP contribution in [-0.4, -0.2) is 3.44 Å². The molecule has 0 atom stereocenters. The predicted octanol–water partition coefficient (Wildman–Crippen LogP) is -4.16. The van der Waals surface area contributed by atoms with Crippen molar-refractivity contribution in [1.82, 2.24) is 0 Å². The molecule has 0 aliphatic heterocycles. The van der Waals surface area contributed by atoms with Gasteiger partial charge in [-0.15, -0.1) is 0 Å². The van der Waals surface area contributed by atoms with Gasteiger partial charge in [-0.1, -0.05) is 0 Å². The third-order valence-electron chi connectivity index (χ3n) is 0. The van der Waals surface area contributed by atoms with E-state index in [4.69, 9.17) is 10.3 Å². The Morgan fingerprint density at radius 2 is 1.33 bits per heavy atom. The molecule has 0 saturated heterocycles. The molecule has 6 heavy (non-hydrogen) atoms. The van der Waals surface area contributed by atoms with Gasteiger partial charge in [0.25, 0.3) is 0 Å². The van der Waals surface area contributed by atoms with Crippen molar-refractivity contribution in [3.8, 4) is 0 Å². The van der Waals surface area contributed by atoms with Crippen LogP contribution in [0.1, 0.15) is 0 Å². The lowest BCUT2D eigenvalue weighted by atomic mass is 16.0. The van der Waals surface area contributed by atoms with Crippen LogP contribution in [0.5, 0.6) is 0 Å². The summed E-state index contributed by atoms with van der Waals surface area (Å²) in [6.07, 6.45) is 0. The van der Waals surface area contributed by atoms with Crippen LogP contribution in [0.25, 0.3) is 0 Å². The lowest BCUT2D eigenvalue weighted by Gasteiger charge is -1.67. The molecule has 0 heterocycles. The number of hydrogen-bond acceptors (Lipinski definition) is 3. The van der Waals surface area contributed by atoms with Gasteiger partial charge >= 0.3 is 21.1 Å². The van der Waals surface area contributed by atoms with Crippen molar-refractivity contribution in [2.24, 2.45) is 0 Å². The first-order chi connectivity index (χ1) is 2.73. The summed E-state index contributed by atoms with van der Waals surface area (Å²) in [6, 6.07) is 0. The van der Waals surface area contributed by atoms with Gasteiger partial charge in [0.2, 0.25) is 0 Å². The zero-order chi connectivity index (χ0) is 5.58. The fourth-order valence-electron chi connectivity index (χ4n) is 0. The molecular formula is HI3O3. The third-order valence-corrected chi connectivity index (χ3v) is 0. The molecule has 3 nitrogen and oxygen atoms in total. The maximum absolute atomic E-state index is 8.68. The summed E-state index contributed by atoms with van der Waals surface area (Å²) in [7, 11) is 0.